The summed E-state index contributed by atoms with van der Waals surface area (Å²) in [6.07, 6.45) is 4.89. The van der Waals surface area contributed by atoms with Gasteiger partial charge in [0.05, 0.1) is 26.3 Å². The number of rotatable bonds is 9. The Labute approximate surface area is 190 Å². The second kappa shape index (κ2) is 13.6. The first kappa shape index (κ1) is 23.6. The number of aromatic nitrogens is 2. The number of nitrogens with one attached hydrogen (secondary N) is 2. The third-order valence-corrected chi connectivity index (χ3v) is 4.81. The van der Waals surface area contributed by atoms with E-state index in [9.17, 15) is 0 Å². The van der Waals surface area contributed by atoms with E-state index in [-0.39, 0.29) is 24.0 Å². The fourth-order valence-corrected chi connectivity index (χ4v) is 3.27. The molecule has 2 N–H and O–H groups in total. The van der Waals surface area contributed by atoms with E-state index in [1.54, 1.807) is 0 Å². The summed E-state index contributed by atoms with van der Waals surface area (Å²) in [6.45, 7) is 10.2. The van der Waals surface area contributed by atoms with Gasteiger partial charge in [-0.25, -0.2) is 4.99 Å². The molecular formula is C21H33IN6O. The summed E-state index contributed by atoms with van der Waals surface area (Å²) in [7, 11) is 0. The molecule has 1 aliphatic heterocycles. The number of aliphatic imine (C=N–C) groups is 1. The Balaban J connectivity index is 0.00000300. The molecule has 1 aliphatic rings. The Bertz CT molecular complexity index is 716. The van der Waals surface area contributed by atoms with Gasteiger partial charge in [0.15, 0.2) is 5.96 Å². The van der Waals surface area contributed by atoms with Gasteiger partial charge in [0.2, 0.25) is 0 Å². The number of nitrogens with zero attached hydrogens (tertiary/aromatic N) is 4. The van der Waals surface area contributed by atoms with Gasteiger partial charge in [-0.3, -0.25) is 9.58 Å². The first-order valence-electron chi connectivity index (χ1n) is 10.2. The molecular weight excluding hydrogens is 479 g/mol. The summed E-state index contributed by atoms with van der Waals surface area (Å²) >= 11 is 0. The third-order valence-electron chi connectivity index (χ3n) is 4.81. The number of guanidine groups is 1. The highest BCUT2D eigenvalue weighted by Crippen LogP contribution is 2.11. The van der Waals surface area contributed by atoms with E-state index in [1.807, 2.05) is 23.1 Å². The van der Waals surface area contributed by atoms with E-state index in [0.717, 1.165) is 64.9 Å². The molecule has 1 aromatic heterocycles. The monoisotopic (exact) mass is 512 g/mol. The molecule has 2 aromatic rings. The van der Waals surface area contributed by atoms with Crippen molar-refractivity contribution in [2.24, 2.45) is 4.99 Å². The first-order valence-corrected chi connectivity index (χ1v) is 10.2. The van der Waals surface area contributed by atoms with Crippen LogP contribution in [0.4, 0.5) is 0 Å². The summed E-state index contributed by atoms with van der Waals surface area (Å²) in [4.78, 5) is 7.25. The van der Waals surface area contributed by atoms with Crippen molar-refractivity contribution >= 4 is 29.9 Å². The van der Waals surface area contributed by atoms with E-state index in [4.69, 9.17) is 9.73 Å². The smallest absolute Gasteiger partial charge is 0.191 e. The molecule has 1 saturated heterocycles. The van der Waals surface area contributed by atoms with E-state index in [1.165, 1.54) is 11.1 Å². The van der Waals surface area contributed by atoms with Crippen LogP contribution < -0.4 is 10.6 Å². The number of ether oxygens (including phenoxy) is 1. The SMILES string of the molecule is CCNC(=NCc1ccccc1Cn1cccn1)NCCCN1CCOCC1.I. The zero-order chi connectivity index (χ0) is 19.4. The molecule has 0 spiro atoms. The van der Waals surface area contributed by atoms with Crippen LogP contribution in [0.25, 0.3) is 0 Å². The van der Waals surface area contributed by atoms with Gasteiger partial charge in [0, 0.05) is 38.6 Å². The van der Waals surface area contributed by atoms with Gasteiger partial charge < -0.3 is 15.4 Å². The Kier molecular flexibility index (Phi) is 11.0. The van der Waals surface area contributed by atoms with E-state index < -0.39 is 0 Å². The topological polar surface area (TPSA) is 66.7 Å². The maximum Gasteiger partial charge on any atom is 0.191 e. The van der Waals surface area contributed by atoms with Crippen molar-refractivity contribution in [3.8, 4) is 0 Å². The molecule has 0 atom stereocenters. The Morgan fingerprint density at radius 2 is 1.93 bits per heavy atom. The highest BCUT2D eigenvalue weighted by Gasteiger charge is 2.09. The van der Waals surface area contributed by atoms with Gasteiger partial charge in [-0.05, 0) is 37.1 Å². The summed E-state index contributed by atoms with van der Waals surface area (Å²) in [5.74, 6) is 0.873. The Morgan fingerprint density at radius 3 is 2.66 bits per heavy atom. The standard InChI is InChI=1S/C21H32N6O.HI/c1-2-22-21(23-9-5-11-26-13-15-28-16-14-26)24-17-19-7-3-4-8-20(19)18-27-12-6-10-25-27;/h3-4,6-8,10,12H,2,5,9,11,13-18H2,1H3,(H2,22,23,24);1H. The van der Waals surface area contributed by atoms with Gasteiger partial charge in [-0.1, -0.05) is 24.3 Å². The molecule has 0 bridgehead atoms. The minimum Gasteiger partial charge on any atom is -0.379 e. The van der Waals surface area contributed by atoms with Crippen molar-refractivity contribution in [1.29, 1.82) is 0 Å². The lowest BCUT2D eigenvalue weighted by Gasteiger charge is -2.26. The molecule has 29 heavy (non-hydrogen) atoms. The molecule has 8 heteroatoms. The average molecular weight is 512 g/mol. The summed E-state index contributed by atoms with van der Waals surface area (Å²) in [5.41, 5.74) is 2.47. The Morgan fingerprint density at radius 1 is 1.14 bits per heavy atom. The van der Waals surface area contributed by atoms with E-state index in [0.29, 0.717) is 6.54 Å². The molecule has 0 radical (unpaired) electrons. The maximum atomic E-state index is 5.40. The van der Waals surface area contributed by atoms with Gasteiger partial charge in [-0.15, -0.1) is 24.0 Å². The first-order chi connectivity index (χ1) is 13.8. The van der Waals surface area contributed by atoms with Crippen molar-refractivity contribution in [3.63, 3.8) is 0 Å². The fourth-order valence-electron chi connectivity index (χ4n) is 3.27. The average Bonchev–Trinajstić information content (AvgIpc) is 3.24. The zero-order valence-electron chi connectivity index (χ0n) is 17.2. The van der Waals surface area contributed by atoms with Crippen molar-refractivity contribution in [1.82, 2.24) is 25.3 Å². The minimum atomic E-state index is 0. The number of halogens is 1. The molecule has 0 unspecified atom stereocenters. The largest absolute Gasteiger partial charge is 0.379 e. The summed E-state index contributed by atoms with van der Waals surface area (Å²) < 4.78 is 7.34. The number of hydrogen-bond donors (Lipinski definition) is 2. The number of hydrogen-bond acceptors (Lipinski definition) is 4. The second-order valence-corrected chi connectivity index (χ2v) is 6.90. The maximum absolute atomic E-state index is 5.40. The predicted octanol–water partition coefficient (Wildman–Crippen LogP) is 2.33. The molecule has 0 aliphatic carbocycles. The molecule has 0 amide bonds. The van der Waals surface area contributed by atoms with Crippen LogP contribution in [0.15, 0.2) is 47.7 Å². The summed E-state index contributed by atoms with van der Waals surface area (Å²) in [5, 5.41) is 11.1. The normalized spacial score (nSPS) is 15.0. The van der Waals surface area contributed by atoms with Crippen LogP contribution in [0.5, 0.6) is 0 Å². The second-order valence-electron chi connectivity index (χ2n) is 6.90. The molecule has 3 rings (SSSR count). The highest BCUT2D eigenvalue weighted by atomic mass is 127. The van der Waals surface area contributed by atoms with Crippen LogP contribution >= 0.6 is 24.0 Å². The lowest BCUT2D eigenvalue weighted by atomic mass is 10.1. The van der Waals surface area contributed by atoms with Gasteiger partial charge in [0.25, 0.3) is 0 Å². The quantitative estimate of drug-likeness (QED) is 0.234. The minimum absolute atomic E-state index is 0. The van der Waals surface area contributed by atoms with Crippen molar-refractivity contribution in [2.75, 3.05) is 45.9 Å². The van der Waals surface area contributed by atoms with Gasteiger partial charge in [0.1, 0.15) is 0 Å². The van der Waals surface area contributed by atoms with Crippen LogP contribution in [-0.2, 0) is 17.8 Å². The predicted molar refractivity (Wildman–Crippen MR) is 128 cm³/mol. The third kappa shape index (κ3) is 8.31. The number of morpholine rings is 1. The van der Waals surface area contributed by atoms with Gasteiger partial charge in [-0.2, -0.15) is 5.10 Å². The van der Waals surface area contributed by atoms with Crippen molar-refractivity contribution in [3.05, 3.63) is 53.9 Å². The number of benzene rings is 1. The molecule has 1 aromatic carbocycles. The van der Waals surface area contributed by atoms with Crippen molar-refractivity contribution in [2.45, 2.75) is 26.4 Å². The van der Waals surface area contributed by atoms with Gasteiger partial charge >= 0.3 is 0 Å². The highest BCUT2D eigenvalue weighted by molar-refractivity contribution is 14.0. The lowest BCUT2D eigenvalue weighted by molar-refractivity contribution is 0.0376. The molecule has 2 heterocycles. The van der Waals surface area contributed by atoms with Crippen molar-refractivity contribution < 1.29 is 4.74 Å². The molecule has 7 nitrogen and oxygen atoms in total. The van der Waals surface area contributed by atoms with E-state index in [2.05, 4.69) is 51.8 Å². The molecule has 1 fully saturated rings. The lowest BCUT2D eigenvalue weighted by Crippen LogP contribution is -2.40. The van der Waals surface area contributed by atoms with Crippen LogP contribution in [0.1, 0.15) is 24.5 Å². The Hall–Kier alpha value is -1.65. The summed E-state index contributed by atoms with van der Waals surface area (Å²) in [6, 6.07) is 10.4. The van der Waals surface area contributed by atoms with E-state index >= 15 is 0 Å². The molecule has 160 valence electrons. The fraction of sp³-hybridized carbons (Fsp3) is 0.524. The zero-order valence-corrected chi connectivity index (χ0v) is 19.5. The van der Waals surface area contributed by atoms with Crippen LogP contribution in [0.3, 0.4) is 0 Å². The van der Waals surface area contributed by atoms with Crippen LogP contribution in [0, 0.1) is 0 Å². The molecule has 0 saturated carbocycles. The van der Waals surface area contributed by atoms with Crippen LogP contribution in [-0.4, -0.2) is 66.6 Å². The van der Waals surface area contributed by atoms with Crippen LogP contribution in [0.2, 0.25) is 0 Å².